The second-order valence-corrected chi connectivity index (χ2v) is 6.48. The molecule has 2 aliphatic heterocycles. The molecule has 2 saturated heterocycles. The van der Waals surface area contributed by atoms with Crippen LogP contribution >= 0.6 is 12.4 Å². The first kappa shape index (κ1) is 17.1. The minimum absolute atomic E-state index is 0. The molecule has 0 unspecified atom stereocenters. The molecular formula is C17H26ClN3O. The first-order chi connectivity index (χ1) is 10.2. The van der Waals surface area contributed by atoms with Gasteiger partial charge in [0.15, 0.2) is 0 Å². The van der Waals surface area contributed by atoms with E-state index in [1.807, 2.05) is 36.1 Å². The minimum Gasteiger partial charge on any atom is -0.324 e. The zero-order valence-electron chi connectivity index (χ0n) is 13.2. The third-order valence-electron chi connectivity index (χ3n) is 5.16. The van der Waals surface area contributed by atoms with E-state index in [1.165, 1.54) is 12.8 Å². The molecule has 1 spiro atoms. The van der Waals surface area contributed by atoms with Crippen molar-refractivity contribution in [3.8, 4) is 0 Å². The van der Waals surface area contributed by atoms with E-state index in [1.54, 1.807) is 0 Å². The molecule has 0 bridgehead atoms. The number of rotatable bonds is 1. The topological polar surface area (TPSA) is 44.4 Å². The molecule has 5 heteroatoms. The fraction of sp³-hybridized carbons (Fsp3) is 0.588. The Morgan fingerprint density at radius 3 is 2.41 bits per heavy atom. The summed E-state index contributed by atoms with van der Waals surface area (Å²) in [4.78, 5) is 14.4. The number of piperidine rings is 2. The molecule has 2 heterocycles. The number of carbonyl (C=O) groups is 1. The van der Waals surface area contributed by atoms with E-state index in [2.05, 4.69) is 10.6 Å². The number of nitrogens with one attached hydrogen (secondary N) is 2. The Balaban J connectivity index is 0.00000176. The summed E-state index contributed by atoms with van der Waals surface area (Å²) in [5.41, 5.74) is 2.52. The second kappa shape index (κ2) is 7.34. The number of likely N-dealkylation sites (tertiary alicyclic amines) is 1. The van der Waals surface area contributed by atoms with Crippen LogP contribution in [0.3, 0.4) is 0 Å². The van der Waals surface area contributed by atoms with Crippen molar-refractivity contribution in [1.29, 1.82) is 0 Å². The number of benzene rings is 1. The number of hydrogen-bond donors (Lipinski definition) is 2. The summed E-state index contributed by atoms with van der Waals surface area (Å²) in [6.07, 6.45) is 4.83. The highest BCUT2D eigenvalue weighted by Gasteiger charge is 2.36. The lowest BCUT2D eigenvalue weighted by Gasteiger charge is -2.44. The maximum atomic E-state index is 12.4. The van der Waals surface area contributed by atoms with Crippen molar-refractivity contribution < 1.29 is 4.79 Å². The summed E-state index contributed by atoms with van der Waals surface area (Å²) in [7, 11) is 0. The number of urea groups is 1. The van der Waals surface area contributed by atoms with Crippen molar-refractivity contribution in [2.75, 3.05) is 31.5 Å². The fourth-order valence-corrected chi connectivity index (χ4v) is 3.55. The van der Waals surface area contributed by atoms with Crippen LogP contribution in [0.1, 0.15) is 31.2 Å². The van der Waals surface area contributed by atoms with Crippen molar-refractivity contribution in [3.63, 3.8) is 0 Å². The fourth-order valence-electron chi connectivity index (χ4n) is 3.55. The van der Waals surface area contributed by atoms with E-state index in [9.17, 15) is 4.79 Å². The van der Waals surface area contributed by atoms with Gasteiger partial charge in [-0.25, -0.2) is 4.79 Å². The van der Waals surface area contributed by atoms with E-state index in [0.29, 0.717) is 5.41 Å². The third-order valence-corrected chi connectivity index (χ3v) is 5.16. The number of aryl methyl sites for hydroxylation is 1. The van der Waals surface area contributed by atoms with Gasteiger partial charge in [-0.3, -0.25) is 0 Å². The van der Waals surface area contributed by atoms with Gasteiger partial charge in [0.1, 0.15) is 0 Å². The van der Waals surface area contributed by atoms with E-state index < -0.39 is 0 Å². The predicted octanol–water partition coefficient (Wildman–Crippen LogP) is 3.41. The van der Waals surface area contributed by atoms with Gasteiger partial charge >= 0.3 is 6.03 Å². The van der Waals surface area contributed by atoms with Crippen LogP contribution in [0, 0.1) is 12.3 Å². The zero-order valence-corrected chi connectivity index (χ0v) is 14.0. The normalized spacial score (nSPS) is 20.3. The summed E-state index contributed by atoms with van der Waals surface area (Å²) in [5.74, 6) is 0. The molecule has 2 aliphatic rings. The maximum Gasteiger partial charge on any atom is 0.321 e. The van der Waals surface area contributed by atoms with Gasteiger partial charge in [-0.15, -0.1) is 12.4 Å². The third kappa shape index (κ3) is 3.73. The highest BCUT2D eigenvalue weighted by atomic mass is 35.5. The lowest BCUT2D eigenvalue weighted by molar-refractivity contribution is 0.0915. The monoisotopic (exact) mass is 323 g/mol. The summed E-state index contributed by atoms with van der Waals surface area (Å²) in [6.45, 7) is 6.07. The molecule has 122 valence electrons. The number of para-hydroxylation sites is 1. The van der Waals surface area contributed by atoms with Gasteiger partial charge < -0.3 is 15.5 Å². The highest BCUT2D eigenvalue weighted by molar-refractivity contribution is 5.90. The van der Waals surface area contributed by atoms with Crippen molar-refractivity contribution in [2.45, 2.75) is 32.6 Å². The Hall–Kier alpha value is -1.26. The molecule has 0 aliphatic carbocycles. The minimum atomic E-state index is 0. The van der Waals surface area contributed by atoms with Gasteiger partial charge in [-0.05, 0) is 62.7 Å². The Bertz CT molecular complexity index is 504. The Morgan fingerprint density at radius 2 is 1.77 bits per heavy atom. The summed E-state index contributed by atoms with van der Waals surface area (Å²) < 4.78 is 0. The quantitative estimate of drug-likeness (QED) is 0.831. The molecule has 4 nitrogen and oxygen atoms in total. The van der Waals surface area contributed by atoms with Gasteiger partial charge in [0.2, 0.25) is 0 Å². The SMILES string of the molecule is Cc1ccccc1NC(=O)N1CCC2(CCNCC2)CC1.Cl. The number of hydrogen-bond acceptors (Lipinski definition) is 2. The molecule has 2 N–H and O–H groups in total. The Morgan fingerprint density at radius 1 is 1.14 bits per heavy atom. The number of anilines is 1. The summed E-state index contributed by atoms with van der Waals surface area (Å²) >= 11 is 0. The smallest absolute Gasteiger partial charge is 0.321 e. The summed E-state index contributed by atoms with van der Waals surface area (Å²) in [6, 6.07) is 7.99. The molecule has 2 amide bonds. The van der Waals surface area contributed by atoms with Crippen LogP contribution in [0.4, 0.5) is 10.5 Å². The largest absolute Gasteiger partial charge is 0.324 e. The summed E-state index contributed by atoms with van der Waals surface area (Å²) in [5, 5.41) is 6.48. The molecule has 0 radical (unpaired) electrons. The van der Waals surface area contributed by atoms with Gasteiger partial charge in [0.05, 0.1) is 0 Å². The van der Waals surface area contributed by atoms with Crippen LogP contribution in [0.5, 0.6) is 0 Å². The molecule has 0 saturated carbocycles. The average Bonchev–Trinajstić information content (AvgIpc) is 2.51. The lowest BCUT2D eigenvalue weighted by Crippen LogP contribution is -2.48. The van der Waals surface area contributed by atoms with Crippen LogP contribution in [0.15, 0.2) is 24.3 Å². The zero-order chi connectivity index (χ0) is 14.7. The Kier molecular flexibility index (Phi) is 5.70. The number of halogens is 1. The lowest BCUT2D eigenvalue weighted by atomic mass is 9.72. The standard InChI is InChI=1S/C17H25N3O.ClH/c1-14-4-2-3-5-15(14)19-16(21)20-12-8-17(9-13-20)6-10-18-11-7-17;/h2-5,18H,6-13H2,1H3,(H,19,21);1H. The maximum absolute atomic E-state index is 12.4. The van der Waals surface area contributed by atoms with Crippen LogP contribution in [0.2, 0.25) is 0 Å². The molecule has 2 fully saturated rings. The molecule has 1 aromatic carbocycles. The van der Waals surface area contributed by atoms with E-state index in [-0.39, 0.29) is 18.4 Å². The van der Waals surface area contributed by atoms with Crippen LogP contribution in [-0.4, -0.2) is 37.1 Å². The van der Waals surface area contributed by atoms with Gasteiger partial charge in [0, 0.05) is 18.8 Å². The predicted molar refractivity (Wildman–Crippen MR) is 92.8 cm³/mol. The highest BCUT2D eigenvalue weighted by Crippen LogP contribution is 2.39. The van der Waals surface area contributed by atoms with Crippen LogP contribution < -0.4 is 10.6 Å². The molecule has 3 rings (SSSR count). The van der Waals surface area contributed by atoms with Crippen molar-refractivity contribution in [1.82, 2.24) is 10.2 Å². The van der Waals surface area contributed by atoms with Crippen LogP contribution in [0.25, 0.3) is 0 Å². The Labute approximate surface area is 139 Å². The number of nitrogens with zero attached hydrogens (tertiary/aromatic N) is 1. The number of amides is 2. The molecule has 0 aromatic heterocycles. The van der Waals surface area contributed by atoms with Gasteiger partial charge in [0.25, 0.3) is 0 Å². The molecular weight excluding hydrogens is 298 g/mol. The van der Waals surface area contributed by atoms with Gasteiger partial charge in [-0.1, -0.05) is 18.2 Å². The van der Waals surface area contributed by atoms with E-state index >= 15 is 0 Å². The van der Waals surface area contributed by atoms with Gasteiger partial charge in [-0.2, -0.15) is 0 Å². The van der Waals surface area contributed by atoms with E-state index in [0.717, 1.165) is 50.3 Å². The van der Waals surface area contributed by atoms with E-state index in [4.69, 9.17) is 0 Å². The molecule has 0 atom stereocenters. The van der Waals surface area contributed by atoms with Crippen molar-refractivity contribution in [2.24, 2.45) is 5.41 Å². The molecule has 22 heavy (non-hydrogen) atoms. The van der Waals surface area contributed by atoms with Crippen molar-refractivity contribution >= 4 is 24.1 Å². The molecule has 1 aromatic rings. The first-order valence-electron chi connectivity index (χ1n) is 8.01. The average molecular weight is 324 g/mol. The van der Waals surface area contributed by atoms with Crippen LogP contribution in [-0.2, 0) is 0 Å². The second-order valence-electron chi connectivity index (χ2n) is 6.48. The van der Waals surface area contributed by atoms with Crippen molar-refractivity contribution in [3.05, 3.63) is 29.8 Å². The number of carbonyl (C=O) groups excluding carboxylic acids is 1. The first-order valence-corrected chi connectivity index (χ1v) is 8.01.